The first kappa shape index (κ1) is 33.4. The molecule has 0 amide bonds. The van der Waals surface area contributed by atoms with E-state index in [1.807, 2.05) is 64.1 Å². The van der Waals surface area contributed by atoms with E-state index in [0.717, 1.165) is 22.3 Å². The molecule has 0 saturated heterocycles. The average molecular weight is 701 g/mol. The zero-order valence-electron chi connectivity index (χ0n) is 26.1. The molecule has 246 valence electrons. The first-order valence-corrected chi connectivity index (χ1v) is 18.1. The number of nitrogens with zero attached hydrogens (tertiary/aromatic N) is 1. The van der Waals surface area contributed by atoms with Gasteiger partial charge in [-0.1, -0.05) is 54.6 Å². The van der Waals surface area contributed by atoms with Crippen LogP contribution in [0, 0.1) is 27.7 Å². The molecule has 0 fully saturated rings. The van der Waals surface area contributed by atoms with E-state index < -0.39 is 37.2 Å². The Bertz CT molecular complexity index is 2430. The van der Waals surface area contributed by atoms with Gasteiger partial charge in [-0.3, -0.25) is 13.0 Å². The Morgan fingerprint density at radius 1 is 0.750 bits per heavy atom. The van der Waals surface area contributed by atoms with Crippen molar-refractivity contribution < 1.29 is 34.9 Å². The molecule has 13 heteroatoms. The molecule has 2 N–H and O–H groups in total. The summed E-state index contributed by atoms with van der Waals surface area (Å²) in [7, 11) is -4.79. The van der Waals surface area contributed by atoms with Crippen molar-refractivity contribution in [2.45, 2.75) is 42.4 Å². The van der Waals surface area contributed by atoms with Crippen LogP contribution in [-0.2, 0) is 32.3 Å². The Morgan fingerprint density at radius 3 is 1.96 bits per heavy atom. The summed E-state index contributed by atoms with van der Waals surface area (Å²) in [5.74, 6) is 0.135. The van der Waals surface area contributed by atoms with E-state index in [9.17, 15) is 30.5 Å². The number of hydrogen-bond acceptors (Lipinski definition) is 9. The molecule has 2 unspecified atom stereocenters. The Hall–Kier alpha value is -4.50. The van der Waals surface area contributed by atoms with Gasteiger partial charge in [0.15, 0.2) is 0 Å². The van der Waals surface area contributed by atoms with Gasteiger partial charge in [0.1, 0.15) is 16.2 Å². The molecule has 2 atom stereocenters. The fraction of sp³-hybridized carbons (Fsp3) is 0.114. The molecule has 4 aromatic carbocycles. The second-order valence-corrected chi connectivity index (χ2v) is 14.5. The maximum absolute atomic E-state index is 12.7. The molecule has 0 bridgehead atoms. The first-order chi connectivity index (χ1) is 22.7. The SMILES string of the molecule is Cc1cccc(C)c1N=c1cc2oc3cc(Nc4c(C)cccc4C)c(S(=O)[O-])cc3c(-c3ccccc3S(=O)(=O)O)c-2cc1S(=O)[O-]. The highest BCUT2D eigenvalue weighted by Crippen LogP contribution is 2.45. The van der Waals surface area contributed by atoms with E-state index in [4.69, 9.17) is 9.41 Å². The molecule has 2 aliphatic rings. The lowest BCUT2D eigenvalue weighted by molar-refractivity contribution is 0.483. The number of benzene rings is 5. The second-order valence-electron chi connectivity index (χ2n) is 11.3. The summed E-state index contributed by atoms with van der Waals surface area (Å²) < 4.78 is 92.5. The highest BCUT2D eigenvalue weighted by Gasteiger charge is 2.26. The van der Waals surface area contributed by atoms with Crippen LogP contribution in [0.2, 0.25) is 0 Å². The molecule has 1 aliphatic heterocycles. The van der Waals surface area contributed by atoms with Crippen LogP contribution in [0.3, 0.4) is 0 Å². The Morgan fingerprint density at radius 2 is 1.35 bits per heavy atom. The third-order valence-corrected chi connectivity index (χ3v) is 10.4. The third-order valence-electron chi connectivity index (χ3n) is 8.11. The Balaban J connectivity index is 1.78. The Labute approximate surface area is 281 Å². The number of anilines is 2. The van der Waals surface area contributed by atoms with Crippen LogP contribution in [0.5, 0.6) is 0 Å². The minimum absolute atomic E-state index is 0.00552. The standard InChI is InChI=1S/C35H30N2O8S3/c1-19-9-7-10-20(2)34(19)36-26-17-28-24(15-30(26)46(38)39)33(23-13-5-6-14-32(23)48(42,43)44)25-16-31(47(40)41)27(18-29(25)45-28)37-35-21(3)11-8-12-22(35)4/h5-18,36H,1-4H3,(H,38,39)(H,40,41)(H,42,43,44)/p-2. The normalized spacial score (nSPS) is 13.6. The highest BCUT2D eigenvalue weighted by atomic mass is 32.2. The van der Waals surface area contributed by atoms with E-state index in [0.29, 0.717) is 11.4 Å². The smallest absolute Gasteiger partial charge is 0.295 e. The molecule has 0 saturated carbocycles. The summed E-state index contributed by atoms with van der Waals surface area (Å²) in [5.41, 5.74) is 5.27. The number of hydrogen-bond donors (Lipinski definition) is 2. The van der Waals surface area contributed by atoms with Crippen LogP contribution < -0.4 is 10.7 Å². The summed E-state index contributed by atoms with van der Waals surface area (Å²) in [5, 5.41) is 3.46. The van der Waals surface area contributed by atoms with Crippen molar-refractivity contribution in [3.63, 3.8) is 0 Å². The van der Waals surface area contributed by atoms with Gasteiger partial charge in [-0.25, -0.2) is 4.99 Å². The van der Waals surface area contributed by atoms with Crippen molar-refractivity contribution in [1.29, 1.82) is 0 Å². The molecule has 4 aromatic rings. The van der Waals surface area contributed by atoms with Crippen molar-refractivity contribution in [1.82, 2.24) is 0 Å². The fourth-order valence-corrected chi connectivity index (χ4v) is 7.52. The summed E-state index contributed by atoms with van der Waals surface area (Å²) in [6.45, 7) is 7.47. The highest BCUT2D eigenvalue weighted by molar-refractivity contribution is 7.86. The predicted octanol–water partition coefficient (Wildman–Crippen LogP) is 7.14. The number of aryl methyl sites for hydroxylation is 4. The van der Waals surface area contributed by atoms with Gasteiger partial charge in [-0.05, 0) is 90.3 Å². The zero-order chi connectivity index (χ0) is 34.5. The monoisotopic (exact) mass is 700 g/mol. The molecule has 48 heavy (non-hydrogen) atoms. The largest absolute Gasteiger partial charge is 0.768 e. The molecule has 0 radical (unpaired) electrons. The summed E-state index contributed by atoms with van der Waals surface area (Å²) in [4.78, 5) is 3.88. The van der Waals surface area contributed by atoms with Crippen LogP contribution in [-0.4, -0.2) is 30.5 Å². The van der Waals surface area contributed by atoms with Crippen molar-refractivity contribution in [3.8, 4) is 22.5 Å². The third kappa shape index (κ3) is 6.23. The number of fused-ring (bicyclic) bond motifs is 2. The fourth-order valence-electron chi connectivity index (χ4n) is 5.83. The van der Waals surface area contributed by atoms with Crippen molar-refractivity contribution in [2.24, 2.45) is 4.99 Å². The molecular formula is C35H28N2O8S3-2. The quantitative estimate of drug-likeness (QED) is 0.0998. The van der Waals surface area contributed by atoms with Crippen LogP contribution >= 0.6 is 0 Å². The Kier molecular flexibility index (Phi) is 8.94. The van der Waals surface area contributed by atoms with E-state index in [1.54, 1.807) is 6.07 Å². The van der Waals surface area contributed by atoms with E-state index in [-0.39, 0.29) is 54.3 Å². The van der Waals surface area contributed by atoms with Gasteiger partial charge in [-0.15, -0.1) is 0 Å². The van der Waals surface area contributed by atoms with Crippen molar-refractivity contribution in [2.75, 3.05) is 5.32 Å². The molecular weight excluding hydrogens is 673 g/mol. The zero-order valence-corrected chi connectivity index (χ0v) is 28.5. The number of nitrogens with one attached hydrogen (secondary N) is 1. The summed E-state index contributed by atoms with van der Waals surface area (Å²) in [6, 6.07) is 22.4. The van der Waals surface area contributed by atoms with Gasteiger partial charge in [0.05, 0.1) is 21.6 Å². The molecule has 1 heterocycles. The van der Waals surface area contributed by atoms with Gasteiger partial charge in [0.2, 0.25) is 0 Å². The lowest BCUT2D eigenvalue weighted by Gasteiger charge is -2.22. The van der Waals surface area contributed by atoms with Gasteiger partial charge in [0.25, 0.3) is 10.1 Å². The van der Waals surface area contributed by atoms with Crippen LogP contribution in [0.4, 0.5) is 17.1 Å². The van der Waals surface area contributed by atoms with Gasteiger partial charge in [0, 0.05) is 44.8 Å². The average Bonchev–Trinajstić information content (AvgIpc) is 3.02. The molecule has 10 nitrogen and oxygen atoms in total. The molecule has 0 aromatic heterocycles. The van der Waals surface area contributed by atoms with Crippen molar-refractivity contribution in [3.05, 3.63) is 113 Å². The number of para-hydroxylation sites is 2. The van der Waals surface area contributed by atoms with Crippen molar-refractivity contribution >= 4 is 60.3 Å². The molecule has 0 spiro atoms. The maximum Gasteiger partial charge on any atom is 0.295 e. The summed E-state index contributed by atoms with van der Waals surface area (Å²) in [6.07, 6.45) is 0. The van der Waals surface area contributed by atoms with Gasteiger partial charge in [-0.2, -0.15) is 8.42 Å². The topological polar surface area (TPSA) is 172 Å². The second kappa shape index (κ2) is 12.8. The first-order valence-electron chi connectivity index (χ1n) is 14.5. The minimum Gasteiger partial charge on any atom is -0.768 e. The van der Waals surface area contributed by atoms with Crippen LogP contribution in [0.15, 0.2) is 109 Å². The van der Waals surface area contributed by atoms with E-state index in [2.05, 4.69) is 5.32 Å². The minimum atomic E-state index is -4.79. The van der Waals surface area contributed by atoms with E-state index >= 15 is 0 Å². The molecule has 6 rings (SSSR count). The van der Waals surface area contributed by atoms with E-state index in [1.165, 1.54) is 42.5 Å². The lowest BCUT2D eigenvalue weighted by atomic mass is 9.93. The molecule has 1 aliphatic carbocycles. The van der Waals surface area contributed by atoms with Crippen LogP contribution in [0.1, 0.15) is 22.3 Å². The predicted molar refractivity (Wildman–Crippen MR) is 183 cm³/mol. The van der Waals surface area contributed by atoms with Gasteiger partial charge >= 0.3 is 0 Å². The maximum atomic E-state index is 12.7. The lowest BCUT2D eigenvalue weighted by Crippen LogP contribution is -2.13. The van der Waals surface area contributed by atoms with Gasteiger partial charge < -0.3 is 18.8 Å². The number of rotatable bonds is 7. The van der Waals surface area contributed by atoms with Crippen LogP contribution in [0.25, 0.3) is 33.4 Å². The summed E-state index contributed by atoms with van der Waals surface area (Å²) >= 11 is -5.59.